The minimum atomic E-state index is 0.247. The SMILES string of the molecule is C[C@@H]1C[NH+](CCc2ccccc2)[C@@H](C)CC1=O. The van der Waals surface area contributed by atoms with Crippen molar-refractivity contribution in [1.29, 1.82) is 0 Å². The van der Waals surface area contributed by atoms with Crippen LogP contribution < -0.4 is 4.90 Å². The lowest BCUT2D eigenvalue weighted by molar-refractivity contribution is -0.927. The zero-order valence-electron chi connectivity index (χ0n) is 10.8. The Hall–Kier alpha value is -1.15. The van der Waals surface area contributed by atoms with Crippen LogP contribution in [0.5, 0.6) is 0 Å². The van der Waals surface area contributed by atoms with Gasteiger partial charge in [-0.1, -0.05) is 37.3 Å². The monoisotopic (exact) mass is 232 g/mol. The highest BCUT2D eigenvalue weighted by atomic mass is 16.1. The van der Waals surface area contributed by atoms with Gasteiger partial charge in [0.25, 0.3) is 0 Å². The first-order valence-electron chi connectivity index (χ1n) is 6.58. The molecule has 0 saturated carbocycles. The zero-order chi connectivity index (χ0) is 12.3. The van der Waals surface area contributed by atoms with E-state index in [2.05, 4.69) is 44.2 Å². The zero-order valence-corrected chi connectivity index (χ0v) is 10.8. The van der Waals surface area contributed by atoms with Crippen LogP contribution in [0.25, 0.3) is 0 Å². The molecule has 0 amide bonds. The third kappa shape index (κ3) is 3.16. The normalized spacial score (nSPS) is 29.3. The average molecular weight is 232 g/mol. The Bertz CT molecular complexity index is 374. The minimum absolute atomic E-state index is 0.247. The highest BCUT2D eigenvalue weighted by molar-refractivity contribution is 5.81. The standard InChI is InChI=1S/C15H21NO/c1-12-11-16(13(2)10-15(12)17)9-8-14-6-4-3-5-7-14/h3-7,12-13H,8-11H2,1-2H3/p+1/t12-,13+/m1/s1. The van der Waals surface area contributed by atoms with E-state index in [1.807, 2.05) is 0 Å². The Morgan fingerprint density at radius 3 is 2.65 bits per heavy atom. The molecule has 2 heteroatoms. The highest BCUT2D eigenvalue weighted by Gasteiger charge is 2.31. The first-order valence-corrected chi connectivity index (χ1v) is 6.58. The van der Waals surface area contributed by atoms with Crippen molar-refractivity contribution in [3.8, 4) is 0 Å². The third-order valence-electron chi connectivity index (χ3n) is 3.90. The molecule has 92 valence electrons. The number of piperidine rings is 1. The molecule has 0 aromatic heterocycles. The number of ketones is 1. The molecule has 1 saturated heterocycles. The average Bonchev–Trinajstić information content (AvgIpc) is 2.33. The van der Waals surface area contributed by atoms with E-state index in [-0.39, 0.29) is 5.92 Å². The van der Waals surface area contributed by atoms with Crippen molar-refractivity contribution in [3.63, 3.8) is 0 Å². The van der Waals surface area contributed by atoms with Crippen LogP contribution in [0, 0.1) is 5.92 Å². The fraction of sp³-hybridized carbons (Fsp3) is 0.533. The number of nitrogens with one attached hydrogen (secondary N) is 1. The highest BCUT2D eigenvalue weighted by Crippen LogP contribution is 2.06. The largest absolute Gasteiger partial charge is 0.332 e. The van der Waals surface area contributed by atoms with Gasteiger partial charge in [-0.15, -0.1) is 0 Å². The first-order chi connectivity index (χ1) is 8.16. The molecule has 1 aromatic rings. The van der Waals surface area contributed by atoms with E-state index in [4.69, 9.17) is 0 Å². The summed E-state index contributed by atoms with van der Waals surface area (Å²) in [6, 6.07) is 11.1. The molecule has 0 radical (unpaired) electrons. The lowest BCUT2D eigenvalue weighted by atomic mass is 9.93. The maximum atomic E-state index is 11.6. The van der Waals surface area contributed by atoms with E-state index in [0.29, 0.717) is 11.8 Å². The Kier molecular flexibility index (Phi) is 3.95. The molecule has 3 atom stereocenters. The molecule has 1 aliphatic heterocycles. The van der Waals surface area contributed by atoms with Crippen LogP contribution in [0.3, 0.4) is 0 Å². The van der Waals surface area contributed by atoms with Crippen LogP contribution in [0.4, 0.5) is 0 Å². The summed E-state index contributed by atoms with van der Waals surface area (Å²) in [6.07, 6.45) is 1.87. The van der Waals surface area contributed by atoms with Crippen LogP contribution in [-0.4, -0.2) is 24.9 Å². The summed E-state index contributed by atoms with van der Waals surface area (Å²) in [5.74, 6) is 0.693. The van der Waals surface area contributed by atoms with Crippen LogP contribution in [0.2, 0.25) is 0 Å². The number of hydrogen-bond acceptors (Lipinski definition) is 1. The van der Waals surface area contributed by atoms with Crippen LogP contribution in [-0.2, 0) is 11.2 Å². The van der Waals surface area contributed by atoms with Crippen LogP contribution in [0.1, 0.15) is 25.8 Å². The van der Waals surface area contributed by atoms with Crippen molar-refractivity contribution in [2.75, 3.05) is 13.1 Å². The minimum Gasteiger partial charge on any atom is -0.332 e. The van der Waals surface area contributed by atoms with Gasteiger partial charge in [0.05, 0.1) is 31.5 Å². The lowest BCUT2D eigenvalue weighted by Gasteiger charge is -2.32. The fourth-order valence-electron chi connectivity index (χ4n) is 2.65. The second kappa shape index (κ2) is 5.46. The summed E-state index contributed by atoms with van der Waals surface area (Å²) in [6.45, 7) is 6.41. The molecule has 1 heterocycles. The number of quaternary nitrogens is 1. The van der Waals surface area contributed by atoms with E-state index in [1.54, 1.807) is 4.90 Å². The van der Waals surface area contributed by atoms with Crippen molar-refractivity contribution >= 4 is 5.78 Å². The van der Waals surface area contributed by atoms with Crippen molar-refractivity contribution < 1.29 is 9.69 Å². The molecular formula is C15H22NO+. The van der Waals surface area contributed by atoms with Gasteiger partial charge in [0, 0.05) is 6.42 Å². The van der Waals surface area contributed by atoms with Gasteiger partial charge in [-0.25, -0.2) is 0 Å². The Labute approximate surface area is 104 Å². The maximum absolute atomic E-state index is 11.6. The molecule has 2 nitrogen and oxygen atoms in total. The Morgan fingerprint density at radius 1 is 1.24 bits per heavy atom. The Balaban J connectivity index is 1.89. The van der Waals surface area contributed by atoms with E-state index >= 15 is 0 Å². The summed E-state index contributed by atoms with van der Waals surface area (Å²) in [5, 5.41) is 0. The van der Waals surface area contributed by atoms with Gasteiger partial charge in [-0.3, -0.25) is 4.79 Å². The number of carbonyl (C=O) groups excluding carboxylic acids is 1. The molecule has 1 fully saturated rings. The molecule has 0 bridgehead atoms. The summed E-state index contributed by atoms with van der Waals surface area (Å²) in [5.41, 5.74) is 1.40. The summed E-state index contributed by atoms with van der Waals surface area (Å²) in [4.78, 5) is 13.2. The molecule has 0 spiro atoms. The Morgan fingerprint density at radius 2 is 1.94 bits per heavy atom. The molecular weight excluding hydrogens is 210 g/mol. The molecule has 1 unspecified atom stereocenters. The number of benzene rings is 1. The first kappa shape index (κ1) is 12.3. The number of likely N-dealkylation sites (tertiary alicyclic amines) is 1. The predicted molar refractivity (Wildman–Crippen MR) is 69.1 cm³/mol. The maximum Gasteiger partial charge on any atom is 0.147 e. The second-order valence-corrected chi connectivity index (χ2v) is 5.32. The lowest BCUT2D eigenvalue weighted by Crippen LogP contribution is -3.17. The van der Waals surface area contributed by atoms with E-state index in [9.17, 15) is 4.79 Å². The molecule has 0 aliphatic carbocycles. The van der Waals surface area contributed by atoms with Crippen LogP contribution in [0.15, 0.2) is 30.3 Å². The summed E-state index contributed by atoms with van der Waals surface area (Å²) in [7, 11) is 0. The molecule has 17 heavy (non-hydrogen) atoms. The number of carbonyl (C=O) groups is 1. The van der Waals surface area contributed by atoms with Gasteiger partial charge in [-0.2, -0.15) is 0 Å². The summed E-state index contributed by atoms with van der Waals surface area (Å²) < 4.78 is 0. The fourth-order valence-corrected chi connectivity index (χ4v) is 2.65. The van der Waals surface area contributed by atoms with Gasteiger partial charge in [0.2, 0.25) is 0 Å². The number of Topliss-reactive ketones (excluding diaryl/α,β-unsaturated/α-hetero) is 1. The van der Waals surface area contributed by atoms with E-state index < -0.39 is 0 Å². The van der Waals surface area contributed by atoms with Gasteiger partial charge >= 0.3 is 0 Å². The van der Waals surface area contributed by atoms with E-state index in [0.717, 1.165) is 25.9 Å². The quantitative estimate of drug-likeness (QED) is 0.828. The van der Waals surface area contributed by atoms with E-state index in [1.165, 1.54) is 5.56 Å². The van der Waals surface area contributed by atoms with Crippen molar-refractivity contribution in [2.45, 2.75) is 32.7 Å². The second-order valence-electron chi connectivity index (χ2n) is 5.32. The van der Waals surface area contributed by atoms with Crippen molar-refractivity contribution in [3.05, 3.63) is 35.9 Å². The van der Waals surface area contributed by atoms with Crippen molar-refractivity contribution in [2.24, 2.45) is 5.92 Å². The predicted octanol–water partition coefficient (Wildman–Crippen LogP) is 1.11. The number of rotatable bonds is 3. The molecule has 2 rings (SSSR count). The number of hydrogen-bond donors (Lipinski definition) is 1. The summed E-state index contributed by atoms with van der Waals surface area (Å²) >= 11 is 0. The molecule has 1 N–H and O–H groups in total. The van der Waals surface area contributed by atoms with Crippen molar-refractivity contribution in [1.82, 2.24) is 0 Å². The van der Waals surface area contributed by atoms with Gasteiger partial charge in [0.15, 0.2) is 0 Å². The van der Waals surface area contributed by atoms with Crippen LogP contribution >= 0.6 is 0 Å². The van der Waals surface area contributed by atoms with Gasteiger partial charge in [-0.05, 0) is 12.5 Å². The molecule has 1 aliphatic rings. The third-order valence-corrected chi connectivity index (χ3v) is 3.90. The van der Waals surface area contributed by atoms with Gasteiger partial charge in [0.1, 0.15) is 5.78 Å². The van der Waals surface area contributed by atoms with Gasteiger partial charge < -0.3 is 4.90 Å². The molecule has 1 aromatic carbocycles. The smallest absolute Gasteiger partial charge is 0.147 e. The topological polar surface area (TPSA) is 21.5 Å².